The molecule has 1 heterocycles. The van der Waals surface area contributed by atoms with Crippen molar-refractivity contribution in [2.45, 2.75) is 32.2 Å². The van der Waals surface area contributed by atoms with Gasteiger partial charge < -0.3 is 5.32 Å². The van der Waals surface area contributed by atoms with E-state index in [2.05, 4.69) is 30.4 Å². The summed E-state index contributed by atoms with van der Waals surface area (Å²) in [5.74, 6) is 0.927. The molecular weight excluding hydrogens is 170 g/mol. The van der Waals surface area contributed by atoms with Crippen molar-refractivity contribution in [3.8, 4) is 0 Å². The summed E-state index contributed by atoms with van der Waals surface area (Å²) in [4.78, 5) is 0. The molecule has 1 N–H and O–H groups in total. The molecule has 1 saturated carbocycles. The van der Waals surface area contributed by atoms with Crippen LogP contribution in [0.3, 0.4) is 0 Å². The number of fused-ring (bicyclic) bond motifs is 1. The summed E-state index contributed by atoms with van der Waals surface area (Å²) in [7, 11) is 0. The van der Waals surface area contributed by atoms with Gasteiger partial charge in [0.15, 0.2) is 0 Å². The molecular formula is C13H17N. The predicted molar refractivity (Wildman–Crippen MR) is 58.4 cm³/mol. The van der Waals surface area contributed by atoms with Crippen molar-refractivity contribution < 1.29 is 0 Å². The maximum absolute atomic E-state index is 3.66. The number of nitrogens with one attached hydrogen (secondary N) is 1. The van der Waals surface area contributed by atoms with Crippen LogP contribution in [0, 0.1) is 12.8 Å². The summed E-state index contributed by atoms with van der Waals surface area (Å²) in [5, 5.41) is 3.66. The monoisotopic (exact) mass is 187 g/mol. The Morgan fingerprint density at radius 3 is 2.93 bits per heavy atom. The molecule has 1 heteroatoms. The van der Waals surface area contributed by atoms with Gasteiger partial charge in [0.05, 0.1) is 0 Å². The second kappa shape index (κ2) is 3.09. The van der Waals surface area contributed by atoms with Crippen LogP contribution < -0.4 is 5.32 Å². The van der Waals surface area contributed by atoms with Gasteiger partial charge in [-0.3, -0.25) is 0 Å². The molecule has 1 aliphatic heterocycles. The zero-order chi connectivity index (χ0) is 9.54. The van der Waals surface area contributed by atoms with Gasteiger partial charge in [-0.15, -0.1) is 0 Å². The quantitative estimate of drug-likeness (QED) is 0.712. The van der Waals surface area contributed by atoms with E-state index in [0.717, 1.165) is 5.92 Å². The first-order chi connectivity index (χ1) is 6.86. The molecule has 0 bridgehead atoms. The average Bonchev–Trinajstić information content (AvgIpc) is 3.01. The number of hydrogen-bond acceptors (Lipinski definition) is 1. The zero-order valence-corrected chi connectivity index (χ0v) is 8.72. The summed E-state index contributed by atoms with van der Waals surface area (Å²) in [5.41, 5.74) is 4.68. The van der Waals surface area contributed by atoms with E-state index in [9.17, 15) is 0 Å². The lowest BCUT2D eigenvalue weighted by molar-refractivity contribution is 0.457. The van der Waals surface area contributed by atoms with Crippen molar-refractivity contribution in [1.29, 1.82) is 0 Å². The summed E-state index contributed by atoms with van der Waals surface area (Å²) in [6.07, 6.45) is 4.06. The van der Waals surface area contributed by atoms with E-state index in [1.54, 1.807) is 11.1 Å². The third kappa shape index (κ3) is 1.27. The number of aryl methyl sites for hydroxylation is 1. The minimum Gasteiger partial charge on any atom is -0.309 e. The maximum Gasteiger partial charge on any atom is 0.0351 e. The third-order valence-corrected chi connectivity index (χ3v) is 3.61. The molecule has 1 aromatic rings. The highest BCUT2D eigenvalue weighted by Gasteiger charge is 2.34. The van der Waals surface area contributed by atoms with E-state index >= 15 is 0 Å². The molecule has 1 unspecified atom stereocenters. The van der Waals surface area contributed by atoms with Gasteiger partial charge in [0.2, 0.25) is 0 Å². The van der Waals surface area contributed by atoms with Crippen LogP contribution in [0.25, 0.3) is 0 Å². The summed E-state index contributed by atoms with van der Waals surface area (Å²) < 4.78 is 0. The Morgan fingerprint density at radius 2 is 2.14 bits per heavy atom. The first kappa shape index (κ1) is 8.49. The fraction of sp³-hybridized carbons (Fsp3) is 0.538. The van der Waals surface area contributed by atoms with E-state index in [1.165, 1.54) is 31.4 Å². The van der Waals surface area contributed by atoms with E-state index in [1.807, 2.05) is 0 Å². The van der Waals surface area contributed by atoms with Crippen molar-refractivity contribution in [2.24, 2.45) is 5.92 Å². The van der Waals surface area contributed by atoms with Crippen LogP contribution in [-0.4, -0.2) is 6.54 Å². The molecule has 2 aliphatic rings. The van der Waals surface area contributed by atoms with Crippen LogP contribution in [0.15, 0.2) is 18.2 Å². The number of rotatable bonds is 1. The Labute approximate surface area is 85.5 Å². The molecule has 1 atom stereocenters. The topological polar surface area (TPSA) is 12.0 Å². The molecule has 0 aromatic heterocycles. The fourth-order valence-corrected chi connectivity index (χ4v) is 2.67. The van der Waals surface area contributed by atoms with Crippen LogP contribution in [-0.2, 0) is 6.42 Å². The smallest absolute Gasteiger partial charge is 0.0351 e. The lowest BCUT2D eigenvalue weighted by Crippen LogP contribution is -2.31. The van der Waals surface area contributed by atoms with E-state index in [0.29, 0.717) is 6.04 Å². The standard InChI is InChI=1S/C13H17N/c1-9-3-2-4-12-11(9)7-8-14-13(12)10-5-6-10/h2-4,10,13-14H,5-8H2,1H3. The molecule has 1 fully saturated rings. The van der Waals surface area contributed by atoms with Gasteiger partial charge in [-0.1, -0.05) is 18.2 Å². The van der Waals surface area contributed by atoms with Crippen molar-refractivity contribution >= 4 is 0 Å². The van der Waals surface area contributed by atoms with Gasteiger partial charge in [-0.25, -0.2) is 0 Å². The van der Waals surface area contributed by atoms with Gasteiger partial charge in [0, 0.05) is 6.04 Å². The Kier molecular flexibility index (Phi) is 1.88. The summed E-state index contributed by atoms with van der Waals surface area (Å²) in [6.45, 7) is 3.41. The summed E-state index contributed by atoms with van der Waals surface area (Å²) >= 11 is 0. The van der Waals surface area contributed by atoms with Gasteiger partial charge in [-0.05, 0) is 55.3 Å². The normalized spacial score (nSPS) is 25.9. The van der Waals surface area contributed by atoms with Crippen LogP contribution >= 0.6 is 0 Å². The van der Waals surface area contributed by atoms with Crippen molar-refractivity contribution in [2.75, 3.05) is 6.54 Å². The van der Waals surface area contributed by atoms with Crippen molar-refractivity contribution in [3.63, 3.8) is 0 Å². The van der Waals surface area contributed by atoms with Crippen LogP contribution in [0.4, 0.5) is 0 Å². The second-order valence-electron chi connectivity index (χ2n) is 4.66. The maximum atomic E-state index is 3.66. The van der Waals surface area contributed by atoms with E-state index in [-0.39, 0.29) is 0 Å². The lowest BCUT2D eigenvalue weighted by Gasteiger charge is -2.28. The lowest BCUT2D eigenvalue weighted by atomic mass is 9.89. The highest BCUT2D eigenvalue weighted by atomic mass is 14.9. The second-order valence-corrected chi connectivity index (χ2v) is 4.66. The van der Waals surface area contributed by atoms with Gasteiger partial charge in [-0.2, -0.15) is 0 Å². The zero-order valence-electron chi connectivity index (χ0n) is 8.72. The molecule has 74 valence electrons. The molecule has 14 heavy (non-hydrogen) atoms. The Hall–Kier alpha value is -0.820. The van der Waals surface area contributed by atoms with Crippen molar-refractivity contribution in [1.82, 2.24) is 5.32 Å². The first-order valence-corrected chi connectivity index (χ1v) is 5.68. The SMILES string of the molecule is Cc1cccc2c1CCNC2C1CC1. The van der Waals surface area contributed by atoms with Crippen LogP contribution in [0.5, 0.6) is 0 Å². The molecule has 3 rings (SSSR count). The molecule has 0 saturated heterocycles. The largest absolute Gasteiger partial charge is 0.309 e. The van der Waals surface area contributed by atoms with Gasteiger partial charge >= 0.3 is 0 Å². The molecule has 1 aromatic carbocycles. The third-order valence-electron chi connectivity index (χ3n) is 3.61. The van der Waals surface area contributed by atoms with Gasteiger partial charge in [0.1, 0.15) is 0 Å². The Bertz CT molecular complexity index is 352. The highest BCUT2D eigenvalue weighted by molar-refractivity contribution is 5.39. The van der Waals surface area contributed by atoms with Crippen LogP contribution in [0.1, 0.15) is 35.6 Å². The van der Waals surface area contributed by atoms with E-state index < -0.39 is 0 Å². The molecule has 1 aliphatic carbocycles. The molecule has 1 nitrogen and oxygen atoms in total. The average molecular weight is 187 g/mol. The van der Waals surface area contributed by atoms with E-state index in [4.69, 9.17) is 0 Å². The predicted octanol–water partition coefficient (Wildman–Crippen LogP) is 2.59. The molecule has 0 radical (unpaired) electrons. The summed E-state index contributed by atoms with van der Waals surface area (Å²) in [6, 6.07) is 7.43. The van der Waals surface area contributed by atoms with Crippen molar-refractivity contribution in [3.05, 3.63) is 34.9 Å². The molecule has 0 spiro atoms. The highest BCUT2D eigenvalue weighted by Crippen LogP contribution is 2.43. The van der Waals surface area contributed by atoms with Gasteiger partial charge in [0.25, 0.3) is 0 Å². The fourth-order valence-electron chi connectivity index (χ4n) is 2.67. The van der Waals surface area contributed by atoms with Crippen LogP contribution in [0.2, 0.25) is 0 Å². The Morgan fingerprint density at radius 1 is 1.29 bits per heavy atom. The Balaban J connectivity index is 2.05. The minimum absolute atomic E-state index is 0.665. The number of hydrogen-bond donors (Lipinski definition) is 1. The number of benzene rings is 1. The minimum atomic E-state index is 0.665. The first-order valence-electron chi connectivity index (χ1n) is 5.68. The molecule has 0 amide bonds.